The lowest BCUT2D eigenvalue weighted by molar-refractivity contribution is -0.118. The van der Waals surface area contributed by atoms with E-state index in [1.54, 1.807) is 6.92 Å². The molecule has 0 aromatic heterocycles. The fourth-order valence-corrected chi connectivity index (χ4v) is 2.33. The summed E-state index contributed by atoms with van der Waals surface area (Å²) < 4.78 is 0. The van der Waals surface area contributed by atoms with Crippen LogP contribution in [-0.4, -0.2) is 5.78 Å². The minimum atomic E-state index is -0.0449. The predicted octanol–water partition coefficient (Wildman–Crippen LogP) is 4.77. The molecule has 20 heavy (non-hydrogen) atoms. The van der Waals surface area contributed by atoms with Gasteiger partial charge in [-0.3, -0.25) is 4.79 Å². The number of hydrogen-bond acceptors (Lipinski definition) is 1. The zero-order valence-electron chi connectivity index (χ0n) is 12.0. The van der Waals surface area contributed by atoms with Gasteiger partial charge >= 0.3 is 0 Å². The van der Waals surface area contributed by atoms with Gasteiger partial charge in [0.1, 0.15) is 5.78 Å². The highest BCUT2D eigenvalue weighted by Gasteiger charge is 2.14. The second kappa shape index (κ2) is 6.85. The molecule has 0 bridgehead atoms. The second-order valence-corrected chi connectivity index (χ2v) is 5.07. The standard InChI is InChI=1S/C19H20O/c1-15-9-6-7-10-17(15)13-8-14-19(16(2)20)18-11-4-3-5-12-18/h3-13,19H,14H2,1-2H3/b13-8-. The van der Waals surface area contributed by atoms with Crippen LogP contribution in [0, 0.1) is 6.92 Å². The Hall–Kier alpha value is -2.15. The molecule has 0 radical (unpaired) electrons. The topological polar surface area (TPSA) is 17.1 Å². The van der Waals surface area contributed by atoms with E-state index in [1.807, 2.05) is 42.5 Å². The third-order valence-corrected chi connectivity index (χ3v) is 3.55. The average Bonchev–Trinajstić information content (AvgIpc) is 2.46. The number of benzene rings is 2. The number of carbonyl (C=O) groups is 1. The molecule has 0 fully saturated rings. The molecule has 0 heterocycles. The first-order valence-corrected chi connectivity index (χ1v) is 6.96. The number of carbonyl (C=O) groups excluding carboxylic acids is 1. The van der Waals surface area contributed by atoms with Crippen molar-refractivity contribution in [2.24, 2.45) is 0 Å². The Balaban J connectivity index is 2.11. The molecule has 0 aliphatic rings. The second-order valence-electron chi connectivity index (χ2n) is 5.07. The summed E-state index contributed by atoms with van der Waals surface area (Å²) in [5.41, 5.74) is 3.56. The van der Waals surface area contributed by atoms with Crippen molar-refractivity contribution in [2.75, 3.05) is 0 Å². The molecular weight excluding hydrogens is 244 g/mol. The monoisotopic (exact) mass is 264 g/mol. The molecule has 2 aromatic rings. The lowest BCUT2D eigenvalue weighted by atomic mass is 9.92. The maximum Gasteiger partial charge on any atom is 0.137 e. The van der Waals surface area contributed by atoms with Gasteiger partial charge in [-0.15, -0.1) is 0 Å². The summed E-state index contributed by atoms with van der Waals surface area (Å²) in [6.07, 6.45) is 4.95. The van der Waals surface area contributed by atoms with E-state index in [-0.39, 0.29) is 11.7 Å². The molecule has 1 unspecified atom stereocenters. The summed E-state index contributed by atoms with van der Waals surface area (Å²) in [7, 11) is 0. The van der Waals surface area contributed by atoms with Crippen molar-refractivity contribution in [1.29, 1.82) is 0 Å². The zero-order chi connectivity index (χ0) is 14.4. The number of hydrogen-bond donors (Lipinski definition) is 0. The summed E-state index contributed by atoms with van der Waals surface area (Å²) >= 11 is 0. The lowest BCUT2D eigenvalue weighted by Crippen LogP contribution is -2.07. The van der Waals surface area contributed by atoms with Gasteiger partial charge in [0.25, 0.3) is 0 Å². The number of allylic oxidation sites excluding steroid dienone is 1. The van der Waals surface area contributed by atoms with E-state index in [0.717, 1.165) is 12.0 Å². The van der Waals surface area contributed by atoms with E-state index in [9.17, 15) is 4.79 Å². The molecule has 102 valence electrons. The largest absolute Gasteiger partial charge is 0.299 e. The number of Topliss-reactive ketones (excluding diaryl/α,β-unsaturated/α-hetero) is 1. The minimum absolute atomic E-state index is 0.0449. The van der Waals surface area contributed by atoms with Gasteiger partial charge in [0.2, 0.25) is 0 Å². The molecule has 0 saturated carbocycles. The van der Waals surface area contributed by atoms with Crippen molar-refractivity contribution in [1.82, 2.24) is 0 Å². The summed E-state index contributed by atoms with van der Waals surface area (Å²) in [4.78, 5) is 11.8. The summed E-state index contributed by atoms with van der Waals surface area (Å²) in [5.74, 6) is 0.169. The molecule has 0 spiro atoms. The summed E-state index contributed by atoms with van der Waals surface area (Å²) in [6.45, 7) is 3.76. The van der Waals surface area contributed by atoms with Gasteiger partial charge in [-0.2, -0.15) is 0 Å². The van der Waals surface area contributed by atoms with E-state index in [2.05, 4.69) is 31.2 Å². The maximum atomic E-state index is 11.8. The van der Waals surface area contributed by atoms with Crippen LogP contribution in [-0.2, 0) is 4.79 Å². The van der Waals surface area contributed by atoms with Crippen LogP contribution in [0.2, 0.25) is 0 Å². The quantitative estimate of drug-likeness (QED) is 0.760. The molecule has 0 N–H and O–H groups in total. The first-order chi connectivity index (χ1) is 9.68. The number of aryl methyl sites for hydroxylation is 1. The van der Waals surface area contributed by atoms with Crippen molar-refractivity contribution >= 4 is 11.9 Å². The Bertz CT molecular complexity index is 596. The van der Waals surface area contributed by atoms with Gasteiger partial charge in [-0.25, -0.2) is 0 Å². The number of ketones is 1. The van der Waals surface area contributed by atoms with Crippen molar-refractivity contribution in [3.05, 3.63) is 77.4 Å². The molecule has 0 amide bonds. The highest BCUT2D eigenvalue weighted by atomic mass is 16.1. The van der Waals surface area contributed by atoms with Gasteiger partial charge in [0.15, 0.2) is 0 Å². The smallest absolute Gasteiger partial charge is 0.137 e. The van der Waals surface area contributed by atoms with E-state index in [1.165, 1.54) is 11.1 Å². The Morgan fingerprint density at radius 3 is 2.35 bits per heavy atom. The molecule has 1 nitrogen and oxygen atoms in total. The van der Waals surface area contributed by atoms with E-state index in [0.29, 0.717) is 0 Å². The molecule has 1 atom stereocenters. The fourth-order valence-electron chi connectivity index (χ4n) is 2.33. The molecular formula is C19H20O. The predicted molar refractivity (Wildman–Crippen MR) is 84.7 cm³/mol. The van der Waals surface area contributed by atoms with Crippen molar-refractivity contribution < 1.29 is 4.79 Å². The van der Waals surface area contributed by atoms with Crippen molar-refractivity contribution in [2.45, 2.75) is 26.2 Å². The van der Waals surface area contributed by atoms with Crippen LogP contribution in [0.1, 0.15) is 36.0 Å². The highest BCUT2D eigenvalue weighted by Crippen LogP contribution is 2.22. The van der Waals surface area contributed by atoms with Gasteiger partial charge in [0.05, 0.1) is 0 Å². The Morgan fingerprint density at radius 2 is 1.70 bits per heavy atom. The Morgan fingerprint density at radius 1 is 1.05 bits per heavy atom. The summed E-state index contributed by atoms with van der Waals surface area (Å²) in [5, 5.41) is 0. The minimum Gasteiger partial charge on any atom is -0.299 e. The molecule has 2 rings (SSSR count). The SMILES string of the molecule is CC(=O)C(C/C=C\c1ccccc1C)c1ccccc1. The fraction of sp³-hybridized carbons (Fsp3) is 0.211. The average molecular weight is 264 g/mol. The van der Waals surface area contributed by atoms with E-state index >= 15 is 0 Å². The van der Waals surface area contributed by atoms with Crippen LogP contribution < -0.4 is 0 Å². The van der Waals surface area contributed by atoms with Gasteiger partial charge < -0.3 is 0 Å². The van der Waals surface area contributed by atoms with Gasteiger partial charge in [-0.1, -0.05) is 66.7 Å². The van der Waals surface area contributed by atoms with E-state index < -0.39 is 0 Å². The Kier molecular flexibility index (Phi) is 4.89. The van der Waals surface area contributed by atoms with Gasteiger partial charge in [-0.05, 0) is 37.0 Å². The normalized spacial score (nSPS) is 12.5. The van der Waals surface area contributed by atoms with Crippen LogP contribution in [0.15, 0.2) is 60.7 Å². The number of rotatable bonds is 5. The van der Waals surface area contributed by atoms with Crippen LogP contribution in [0.3, 0.4) is 0 Å². The molecule has 1 heteroatoms. The van der Waals surface area contributed by atoms with E-state index in [4.69, 9.17) is 0 Å². The Labute approximate surface area is 121 Å². The van der Waals surface area contributed by atoms with Crippen molar-refractivity contribution in [3.8, 4) is 0 Å². The first-order valence-electron chi connectivity index (χ1n) is 6.96. The third-order valence-electron chi connectivity index (χ3n) is 3.55. The van der Waals surface area contributed by atoms with Crippen LogP contribution >= 0.6 is 0 Å². The first kappa shape index (κ1) is 14.3. The van der Waals surface area contributed by atoms with Crippen molar-refractivity contribution in [3.63, 3.8) is 0 Å². The van der Waals surface area contributed by atoms with Gasteiger partial charge in [0, 0.05) is 5.92 Å². The summed E-state index contributed by atoms with van der Waals surface area (Å²) in [6, 6.07) is 18.2. The molecule has 0 aliphatic heterocycles. The van der Waals surface area contributed by atoms with Crippen LogP contribution in [0.5, 0.6) is 0 Å². The third kappa shape index (κ3) is 3.67. The molecule has 2 aromatic carbocycles. The maximum absolute atomic E-state index is 11.8. The lowest BCUT2D eigenvalue weighted by Gasteiger charge is -2.11. The zero-order valence-corrected chi connectivity index (χ0v) is 12.0. The van der Waals surface area contributed by atoms with Crippen LogP contribution in [0.25, 0.3) is 6.08 Å². The molecule has 0 aliphatic carbocycles. The van der Waals surface area contributed by atoms with Crippen LogP contribution in [0.4, 0.5) is 0 Å². The highest BCUT2D eigenvalue weighted by molar-refractivity contribution is 5.83. The molecule has 0 saturated heterocycles.